The van der Waals surface area contributed by atoms with E-state index in [-0.39, 0.29) is 5.41 Å². The summed E-state index contributed by atoms with van der Waals surface area (Å²) in [5.41, 5.74) is 6.51. The van der Waals surface area contributed by atoms with E-state index < -0.39 is 5.97 Å². The topological polar surface area (TPSA) is 42.2 Å². The second-order valence-corrected chi connectivity index (χ2v) is 8.86. The monoisotopic (exact) mass is 373 g/mol. The minimum Gasteiger partial charge on any atom is -0.478 e. The minimum absolute atomic E-state index is 0.253. The number of benzene rings is 2. The predicted octanol–water partition coefficient (Wildman–Crippen LogP) is 5.99. The fourth-order valence-electron chi connectivity index (χ4n) is 4.34. The van der Waals surface area contributed by atoms with Gasteiger partial charge in [-0.1, -0.05) is 57.2 Å². The van der Waals surface area contributed by atoms with Crippen molar-refractivity contribution in [1.82, 2.24) is 4.57 Å². The van der Waals surface area contributed by atoms with Gasteiger partial charge in [-0.2, -0.15) is 0 Å². The molecule has 1 atom stereocenters. The molecule has 0 radical (unpaired) electrons. The number of nitrogens with zero attached hydrogens (tertiary/aromatic N) is 1. The number of aryl methyl sites for hydroxylation is 1. The molecular formula is C25H27NO2. The van der Waals surface area contributed by atoms with Gasteiger partial charge >= 0.3 is 5.97 Å². The van der Waals surface area contributed by atoms with Crippen LogP contribution in [0.25, 0.3) is 16.9 Å². The average molecular weight is 373 g/mol. The van der Waals surface area contributed by atoms with Gasteiger partial charge in [-0.25, -0.2) is 4.79 Å². The third kappa shape index (κ3) is 3.37. The van der Waals surface area contributed by atoms with Crippen LogP contribution in [-0.2, 0) is 12.8 Å². The van der Waals surface area contributed by atoms with Crippen LogP contribution in [0, 0.1) is 11.3 Å². The van der Waals surface area contributed by atoms with E-state index >= 15 is 0 Å². The lowest BCUT2D eigenvalue weighted by Crippen LogP contribution is -2.27. The molecule has 0 fully saturated rings. The number of fused-ring (bicyclic) bond motifs is 1. The maximum atomic E-state index is 11.5. The number of aromatic carboxylic acids is 1. The zero-order valence-corrected chi connectivity index (χ0v) is 16.8. The SMILES string of the molecule is CC(C)(C)C1CCc2cc(-c3ccccc3)n(-c3cccc(C(=O)O)c3)c2C1. The van der Waals surface area contributed by atoms with E-state index in [0.29, 0.717) is 11.5 Å². The van der Waals surface area contributed by atoms with E-state index in [1.165, 1.54) is 17.7 Å². The van der Waals surface area contributed by atoms with Gasteiger partial charge in [-0.3, -0.25) is 0 Å². The van der Waals surface area contributed by atoms with Crippen molar-refractivity contribution in [3.8, 4) is 16.9 Å². The Morgan fingerprint density at radius 1 is 1.04 bits per heavy atom. The number of hydrogen-bond acceptors (Lipinski definition) is 1. The van der Waals surface area contributed by atoms with Crippen LogP contribution in [0.2, 0.25) is 0 Å². The molecule has 28 heavy (non-hydrogen) atoms. The number of aromatic nitrogens is 1. The van der Waals surface area contributed by atoms with Gasteiger partial charge < -0.3 is 9.67 Å². The highest BCUT2D eigenvalue weighted by molar-refractivity contribution is 5.88. The molecule has 144 valence electrons. The molecule has 1 aliphatic carbocycles. The predicted molar refractivity (Wildman–Crippen MR) is 113 cm³/mol. The third-order valence-corrected chi connectivity index (χ3v) is 6.04. The average Bonchev–Trinajstić information content (AvgIpc) is 3.07. The summed E-state index contributed by atoms with van der Waals surface area (Å²) in [5, 5.41) is 9.47. The van der Waals surface area contributed by atoms with Crippen LogP contribution in [0.15, 0.2) is 60.7 Å². The van der Waals surface area contributed by atoms with Gasteiger partial charge in [0, 0.05) is 11.4 Å². The first-order valence-corrected chi connectivity index (χ1v) is 9.97. The van der Waals surface area contributed by atoms with Crippen molar-refractivity contribution in [1.29, 1.82) is 0 Å². The van der Waals surface area contributed by atoms with Crippen LogP contribution in [0.3, 0.4) is 0 Å². The zero-order chi connectivity index (χ0) is 19.9. The van der Waals surface area contributed by atoms with Gasteiger partial charge in [0.1, 0.15) is 0 Å². The van der Waals surface area contributed by atoms with Crippen molar-refractivity contribution in [2.24, 2.45) is 11.3 Å². The van der Waals surface area contributed by atoms with Crippen LogP contribution in [-0.4, -0.2) is 15.6 Å². The molecule has 0 aliphatic heterocycles. The van der Waals surface area contributed by atoms with Gasteiger partial charge in [0.25, 0.3) is 0 Å². The number of carboxylic acids is 1. The second-order valence-electron chi connectivity index (χ2n) is 8.86. The number of rotatable bonds is 3. The van der Waals surface area contributed by atoms with Crippen molar-refractivity contribution in [2.45, 2.75) is 40.0 Å². The molecule has 1 N–H and O–H groups in total. The van der Waals surface area contributed by atoms with Gasteiger partial charge in [0.2, 0.25) is 0 Å². The molecule has 0 bridgehead atoms. The Bertz CT molecular complexity index is 1010. The lowest BCUT2D eigenvalue weighted by atomic mass is 9.72. The summed E-state index contributed by atoms with van der Waals surface area (Å²) in [7, 11) is 0. The van der Waals surface area contributed by atoms with E-state index in [2.05, 4.69) is 55.7 Å². The van der Waals surface area contributed by atoms with Crippen LogP contribution < -0.4 is 0 Å². The maximum absolute atomic E-state index is 11.5. The third-order valence-electron chi connectivity index (χ3n) is 6.04. The molecular weight excluding hydrogens is 346 g/mol. The van der Waals surface area contributed by atoms with E-state index in [1.807, 2.05) is 18.2 Å². The Balaban J connectivity index is 1.91. The first-order chi connectivity index (χ1) is 13.3. The molecule has 3 nitrogen and oxygen atoms in total. The molecule has 3 aromatic rings. The van der Waals surface area contributed by atoms with Crippen molar-refractivity contribution in [3.05, 3.63) is 77.5 Å². The number of carboxylic acid groups (broad SMARTS) is 1. The van der Waals surface area contributed by atoms with E-state index in [9.17, 15) is 9.90 Å². The van der Waals surface area contributed by atoms with Crippen molar-refractivity contribution >= 4 is 5.97 Å². The van der Waals surface area contributed by atoms with Gasteiger partial charge in [0.15, 0.2) is 0 Å². The molecule has 1 aromatic heterocycles. The van der Waals surface area contributed by atoms with Crippen molar-refractivity contribution in [2.75, 3.05) is 0 Å². The van der Waals surface area contributed by atoms with Gasteiger partial charge in [-0.05, 0) is 66.0 Å². The van der Waals surface area contributed by atoms with Gasteiger partial charge in [-0.15, -0.1) is 0 Å². The fourth-order valence-corrected chi connectivity index (χ4v) is 4.34. The quantitative estimate of drug-likeness (QED) is 0.612. The molecule has 1 unspecified atom stereocenters. The Hall–Kier alpha value is -2.81. The van der Waals surface area contributed by atoms with E-state index in [1.54, 1.807) is 12.1 Å². The lowest BCUT2D eigenvalue weighted by Gasteiger charge is -2.34. The van der Waals surface area contributed by atoms with Crippen LogP contribution in [0.4, 0.5) is 0 Å². The molecule has 4 rings (SSSR count). The summed E-state index contributed by atoms with van der Waals surface area (Å²) in [6.45, 7) is 6.96. The van der Waals surface area contributed by atoms with Crippen LogP contribution in [0.5, 0.6) is 0 Å². The molecule has 0 amide bonds. The lowest BCUT2D eigenvalue weighted by molar-refractivity contribution is 0.0697. The van der Waals surface area contributed by atoms with Crippen molar-refractivity contribution < 1.29 is 9.90 Å². The summed E-state index contributed by atoms with van der Waals surface area (Å²) in [5.74, 6) is -0.281. The molecule has 0 saturated heterocycles. The molecule has 0 spiro atoms. The smallest absolute Gasteiger partial charge is 0.335 e. The molecule has 2 aromatic carbocycles. The number of carbonyl (C=O) groups is 1. The number of hydrogen-bond donors (Lipinski definition) is 1. The highest BCUT2D eigenvalue weighted by atomic mass is 16.4. The maximum Gasteiger partial charge on any atom is 0.335 e. The normalized spacial score (nSPS) is 16.6. The summed E-state index contributed by atoms with van der Waals surface area (Å²) in [6, 6.07) is 20.0. The molecule has 1 heterocycles. The molecule has 0 saturated carbocycles. The first kappa shape index (κ1) is 18.5. The molecule has 3 heteroatoms. The fraction of sp³-hybridized carbons (Fsp3) is 0.320. The van der Waals surface area contributed by atoms with Crippen LogP contribution in [0.1, 0.15) is 48.8 Å². The Morgan fingerprint density at radius 3 is 2.46 bits per heavy atom. The van der Waals surface area contributed by atoms with E-state index in [4.69, 9.17) is 0 Å². The summed E-state index contributed by atoms with van der Waals surface area (Å²) >= 11 is 0. The first-order valence-electron chi connectivity index (χ1n) is 9.97. The summed E-state index contributed by atoms with van der Waals surface area (Å²) in [4.78, 5) is 11.5. The Morgan fingerprint density at radius 2 is 1.79 bits per heavy atom. The van der Waals surface area contributed by atoms with Crippen molar-refractivity contribution in [3.63, 3.8) is 0 Å². The van der Waals surface area contributed by atoms with Crippen LogP contribution >= 0.6 is 0 Å². The van der Waals surface area contributed by atoms with Gasteiger partial charge in [0.05, 0.1) is 11.3 Å². The summed E-state index contributed by atoms with van der Waals surface area (Å²) < 4.78 is 2.29. The Labute approximate surface area is 166 Å². The minimum atomic E-state index is -0.892. The second kappa shape index (κ2) is 6.97. The largest absolute Gasteiger partial charge is 0.478 e. The Kier molecular flexibility index (Phi) is 4.62. The zero-order valence-electron chi connectivity index (χ0n) is 16.8. The standard InChI is InChI=1S/C25H27NO2/c1-25(2,3)20-13-12-18-15-22(17-8-5-4-6-9-17)26(23(18)16-20)21-11-7-10-19(14-21)24(27)28/h4-11,14-15,20H,12-13,16H2,1-3H3,(H,27,28). The molecule has 1 aliphatic rings. The highest BCUT2D eigenvalue weighted by Crippen LogP contribution is 2.41. The van der Waals surface area contributed by atoms with E-state index in [0.717, 1.165) is 29.8 Å². The highest BCUT2D eigenvalue weighted by Gasteiger charge is 2.32. The summed E-state index contributed by atoms with van der Waals surface area (Å²) in [6.07, 6.45) is 3.29.